The predicted octanol–water partition coefficient (Wildman–Crippen LogP) is 1.03. The molecule has 0 amide bonds. The van der Waals surface area contributed by atoms with Gasteiger partial charge in [0.1, 0.15) is 12.2 Å². The lowest BCUT2D eigenvalue weighted by molar-refractivity contribution is -0.207. The zero-order valence-corrected chi connectivity index (χ0v) is 19.1. The number of ether oxygens (including phenoxy) is 2. The first-order valence-corrected chi connectivity index (χ1v) is 10.8. The van der Waals surface area contributed by atoms with Gasteiger partial charge in [-0.15, -0.1) is 0 Å². The molecule has 0 radical (unpaired) electrons. The Bertz CT molecular complexity index is 1250. The van der Waals surface area contributed by atoms with Gasteiger partial charge in [-0.2, -0.15) is 0 Å². The number of aromatic hydroxyl groups is 4. The number of carboxylic acids is 1. The highest BCUT2D eigenvalue weighted by molar-refractivity contribution is 5.91. The molecule has 0 aliphatic heterocycles. The maximum atomic E-state index is 12.4. The van der Waals surface area contributed by atoms with E-state index >= 15 is 0 Å². The number of rotatable bonds is 7. The fourth-order valence-corrected chi connectivity index (χ4v) is 3.68. The van der Waals surface area contributed by atoms with Crippen LogP contribution in [0.25, 0.3) is 12.2 Å². The van der Waals surface area contributed by atoms with Crippen molar-refractivity contribution in [2.24, 2.45) is 0 Å². The minimum absolute atomic E-state index is 0.288. The molecular formula is C25H24O12. The molecule has 12 nitrogen and oxygen atoms in total. The molecule has 0 unspecified atom stereocenters. The minimum Gasteiger partial charge on any atom is -0.504 e. The summed E-state index contributed by atoms with van der Waals surface area (Å²) < 4.78 is 10.2. The molecule has 0 heterocycles. The van der Waals surface area contributed by atoms with Crippen molar-refractivity contribution in [3.8, 4) is 23.0 Å². The van der Waals surface area contributed by atoms with Crippen LogP contribution in [0.5, 0.6) is 23.0 Å². The highest BCUT2D eigenvalue weighted by Gasteiger charge is 2.54. The molecule has 0 saturated heterocycles. The molecule has 0 aromatic heterocycles. The number of hydrogen-bond acceptors (Lipinski definition) is 11. The summed E-state index contributed by atoms with van der Waals surface area (Å²) in [5.41, 5.74) is -1.73. The lowest BCUT2D eigenvalue weighted by Gasteiger charge is -2.41. The molecule has 2 aromatic rings. The second-order valence-electron chi connectivity index (χ2n) is 8.33. The largest absolute Gasteiger partial charge is 0.504 e. The number of hydrogen-bond donors (Lipinski definition) is 7. The van der Waals surface area contributed by atoms with E-state index in [1.807, 2.05) is 0 Å². The van der Waals surface area contributed by atoms with Gasteiger partial charge in [-0.1, -0.05) is 12.1 Å². The van der Waals surface area contributed by atoms with Crippen molar-refractivity contribution in [3.63, 3.8) is 0 Å². The Morgan fingerprint density at radius 3 is 1.78 bits per heavy atom. The van der Waals surface area contributed by atoms with Gasteiger partial charge in [0.25, 0.3) is 0 Å². The number of benzene rings is 2. The van der Waals surface area contributed by atoms with Gasteiger partial charge < -0.3 is 45.2 Å². The first-order valence-electron chi connectivity index (χ1n) is 10.8. The maximum absolute atomic E-state index is 12.4. The number of phenolic OH excluding ortho intramolecular Hbond substituents is 4. The predicted molar refractivity (Wildman–Crippen MR) is 125 cm³/mol. The molecule has 3 rings (SSSR count). The van der Waals surface area contributed by atoms with Crippen LogP contribution >= 0.6 is 0 Å². The number of carbonyl (C=O) groups is 3. The van der Waals surface area contributed by atoms with E-state index in [1.54, 1.807) is 0 Å². The molecule has 1 saturated carbocycles. The van der Waals surface area contributed by atoms with Gasteiger partial charge in [0.15, 0.2) is 23.0 Å². The van der Waals surface area contributed by atoms with E-state index in [1.165, 1.54) is 42.5 Å². The van der Waals surface area contributed by atoms with Gasteiger partial charge >= 0.3 is 17.9 Å². The number of carbonyl (C=O) groups excluding carboxylic acids is 2. The third-order valence-electron chi connectivity index (χ3n) is 5.62. The van der Waals surface area contributed by atoms with E-state index in [9.17, 15) is 50.1 Å². The van der Waals surface area contributed by atoms with E-state index in [-0.39, 0.29) is 17.1 Å². The molecule has 196 valence electrons. The van der Waals surface area contributed by atoms with Crippen molar-refractivity contribution >= 4 is 30.1 Å². The van der Waals surface area contributed by atoms with E-state index in [4.69, 9.17) is 9.47 Å². The summed E-state index contributed by atoms with van der Waals surface area (Å²) in [4.78, 5) is 36.7. The first kappa shape index (κ1) is 27.0. The van der Waals surface area contributed by atoms with Gasteiger partial charge in [0.05, 0.1) is 6.10 Å². The van der Waals surface area contributed by atoms with E-state index < -0.39 is 66.2 Å². The summed E-state index contributed by atoms with van der Waals surface area (Å²) in [6.45, 7) is 0. The van der Waals surface area contributed by atoms with Crippen molar-refractivity contribution < 1.29 is 59.6 Å². The van der Waals surface area contributed by atoms with Crippen LogP contribution in [-0.4, -0.2) is 77.6 Å². The lowest BCUT2D eigenvalue weighted by Crippen LogP contribution is -2.58. The lowest BCUT2D eigenvalue weighted by atomic mass is 9.79. The molecule has 2 aromatic carbocycles. The molecule has 0 spiro atoms. The topological polar surface area (TPSA) is 211 Å². The molecule has 7 N–H and O–H groups in total. The maximum Gasteiger partial charge on any atom is 0.348 e. The Morgan fingerprint density at radius 2 is 1.30 bits per heavy atom. The monoisotopic (exact) mass is 516 g/mol. The second-order valence-corrected chi connectivity index (χ2v) is 8.33. The molecule has 1 aliphatic rings. The summed E-state index contributed by atoms with van der Waals surface area (Å²) in [5.74, 6) is -5.41. The van der Waals surface area contributed by atoms with Crippen LogP contribution in [0, 0.1) is 0 Å². The molecule has 1 aliphatic carbocycles. The minimum atomic E-state index is -2.34. The molecular weight excluding hydrogens is 492 g/mol. The summed E-state index contributed by atoms with van der Waals surface area (Å²) >= 11 is 0. The Morgan fingerprint density at radius 1 is 0.784 bits per heavy atom. The number of aliphatic hydroxyl groups is 2. The quantitative estimate of drug-likeness (QED) is 0.156. The number of esters is 2. The van der Waals surface area contributed by atoms with Crippen molar-refractivity contribution in [2.75, 3.05) is 0 Å². The van der Waals surface area contributed by atoms with Gasteiger partial charge in [-0.25, -0.2) is 14.4 Å². The second kappa shape index (κ2) is 11.0. The van der Waals surface area contributed by atoms with Crippen LogP contribution in [0.1, 0.15) is 24.0 Å². The number of aliphatic carboxylic acids is 1. The van der Waals surface area contributed by atoms with Crippen LogP contribution in [-0.2, 0) is 23.9 Å². The fourth-order valence-electron chi connectivity index (χ4n) is 3.68. The van der Waals surface area contributed by atoms with E-state index in [2.05, 4.69) is 0 Å². The molecule has 12 heteroatoms. The highest BCUT2D eigenvalue weighted by Crippen LogP contribution is 2.35. The number of carboxylic acid groups (broad SMARTS) is 1. The van der Waals surface area contributed by atoms with Crippen molar-refractivity contribution in [3.05, 3.63) is 59.7 Å². The van der Waals surface area contributed by atoms with Crippen molar-refractivity contribution in [2.45, 2.75) is 36.8 Å². The normalized spacial score (nSPS) is 23.7. The molecule has 4 atom stereocenters. The third kappa shape index (κ3) is 6.57. The Hall–Kier alpha value is -4.55. The molecule has 0 bridgehead atoms. The van der Waals surface area contributed by atoms with Gasteiger partial charge in [0.2, 0.25) is 5.60 Å². The van der Waals surface area contributed by atoms with Gasteiger partial charge in [0, 0.05) is 25.0 Å². The van der Waals surface area contributed by atoms with Gasteiger partial charge in [-0.05, 0) is 47.5 Å². The van der Waals surface area contributed by atoms with Crippen LogP contribution in [0.4, 0.5) is 0 Å². The number of aliphatic hydroxyl groups excluding tert-OH is 2. The average Bonchev–Trinajstić information content (AvgIpc) is 2.83. The number of phenols is 4. The van der Waals surface area contributed by atoms with Crippen LogP contribution in [0.2, 0.25) is 0 Å². The first-order chi connectivity index (χ1) is 17.4. The summed E-state index contributed by atoms with van der Waals surface area (Å²) in [6, 6.07) is 7.44. The van der Waals surface area contributed by atoms with Crippen LogP contribution in [0.3, 0.4) is 0 Å². The van der Waals surface area contributed by atoms with Crippen molar-refractivity contribution in [1.82, 2.24) is 0 Å². The summed E-state index contributed by atoms with van der Waals surface area (Å²) in [6.07, 6.45) is -2.09. The summed E-state index contributed by atoms with van der Waals surface area (Å²) in [7, 11) is 0. The smallest absolute Gasteiger partial charge is 0.348 e. The van der Waals surface area contributed by atoms with Crippen LogP contribution in [0.15, 0.2) is 48.6 Å². The Kier molecular flexibility index (Phi) is 8.05. The standard InChI is InChI=1S/C25H24O12/c26-15-5-1-13(9-17(15)28)3-7-21(31)36-20-12-25(24(34)35,11-19(30)23(20)33)37-22(32)8-4-14-2-6-16(27)18(29)10-14/h1-10,19-20,23,26-30,33H,11-12H2,(H,34,35)/b7-3+,8-4+/t19-,20-,23-,25+/m0/s1. The summed E-state index contributed by atoms with van der Waals surface area (Å²) in [5, 5.41) is 68.0. The van der Waals surface area contributed by atoms with Gasteiger partial charge in [-0.3, -0.25) is 0 Å². The van der Waals surface area contributed by atoms with E-state index in [0.29, 0.717) is 5.56 Å². The zero-order valence-electron chi connectivity index (χ0n) is 19.1. The van der Waals surface area contributed by atoms with E-state index in [0.717, 1.165) is 18.2 Å². The van der Waals surface area contributed by atoms with Crippen LogP contribution < -0.4 is 0 Å². The molecule has 1 fully saturated rings. The fraction of sp³-hybridized carbons (Fsp3) is 0.240. The average molecular weight is 516 g/mol. The Labute approximate surface area is 209 Å². The SMILES string of the molecule is O=C(/C=C/c1ccc(O)c(O)c1)O[C@H]1C[C@@](OC(=O)/C=C/c2ccc(O)c(O)c2)(C(=O)O)C[C@H](O)[C@@H]1O. The van der Waals surface area contributed by atoms with Crippen molar-refractivity contribution in [1.29, 1.82) is 0 Å². The Balaban J connectivity index is 1.73. The molecule has 37 heavy (non-hydrogen) atoms. The third-order valence-corrected chi connectivity index (χ3v) is 5.62. The highest BCUT2D eigenvalue weighted by atomic mass is 16.6. The zero-order chi connectivity index (χ0) is 27.3.